The number of carbonyl (C=O) groups is 3. The predicted molar refractivity (Wildman–Crippen MR) is 271 cm³/mol. The van der Waals surface area contributed by atoms with Gasteiger partial charge >= 0.3 is 18.1 Å². The van der Waals surface area contributed by atoms with Crippen LogP contribution in [0, 0.1) is 17.7 Å². The summed E-state index contributed by atoms with van der Waals surface area (Å²) in [5.41, 5.74) is 5.05. The maximum Gasteiger partial charge on any atom is 0.408 e. The second-order valence-corrected chi connectivity index (χ2v) is 18.9. The quantitative estimate of drug-likeness (QED) is 0.0428. The number of nitrogens with zero attached hydrogens (tertiary/aromatic N) is 2. The summed E-state index contributed by atoms with van der Waals surface area (Å²) < 4.78 is 31.8. The summed E-state index contributed by atoms with van der Waals surface area (Å²) in [6.07, 6.45) is -0.278. The third-order valence-corrected chi connectivity index (χ3v) is 14.1. The molecular formula is C57H55FN6O9. The van der Waals surface area contributed by atoms with Crippen LogP contribution in [-0.4, -0.2) is 88.0 Å². The maximum atomic E-state index is 13.8. The van der Waals surface area contributed by atoms with Crippen molar-refractivity contribution in [3.05, 3.63) is 207 Å². The van der Waals surface area contributed by atoms with E-state index in [2.05, 4.69) is 25.8 Å². The number of ether oxygens (including phenoxy) is 3. The Labute approximate surface area is 420 Å². The number of halogens is 1. The van der Waals surface area contributed by atoms with Gasteiger partial charge in [-0.3, -0.25) is 9.69 Å². The number of esters is 1. The molecule has 16 heteroatoms. The number of nitrogens with one attached hydrogen (secondary N) is 4. The number of anilines is 1. The highest BCUT2D eigenvalue weighted by Gasteiger charge is 2.74. The van der Waals surface area contributed by atoms with E-state index in [1.54, 1.807) is 60.7 Å². The molecule has 3 saturated heterocycles. The third-order valence-electron chi connectivity index (χ3n) is 14.1. The molecule has 3 aliphatic heterocycles. The van der Waals surface area contributed by atoms with Gasteiger partial charge in [0.15, 0.2) is 0 Å². The maximum absolute atomic E-state index is 13.8. The molecule has 374 valence electrons. The molecule has 1 aromatic heterocycles. The number of aromatic nitrogens is 1. The molecule has 0 radical (unpaired) electrons. The summed E-state index contributed by atoms with van der Waals surface area (Å²) in [5, 5.41) is 30.9. The second-order valence-electron chi connectivity index (χ2n) is 18.9. The molecule has 3 amide bonds. The number of rotatable bonds is 19. The average molecular weight is 987 g/mol. The van der Waals surface area contributed by atoms with Gasteiger partial charge in [-0.1, -0.05) is 84.9 Å². The van der Waals surface area contributed by atoms with Gasteiger partial charge in [-0.2, -0.15) is 0 Å². The van der Waals surface area contributed by atoms with Crippen LogP contribution in [0.3, 0.4) is 0 Å². The molecule has 4 heterocycles. The molecule has 15 nitrogen and oxygen atoms in total. The van der Waals surface area contributed by atoms with E-state index in [0.717, 1.165) is 48.3 Å². The number of H-pyrrole nitrogens is 1. The highest BCUT2D eigenvalue weighted by molar-refractivity contribution is 5.90. The average Bonchev–Trinajstić information content (AvgIpc) is 3.89. The van der Waals surface area contributed by atoms with Gasteiger partial charge in [0.05, 0.1) is 29.8 Å². The lowest BCUT2D eigenvalue weighted by atomic mass is 9.98. The van der Waals surface area contributed by atoms with Gasteiger partial charge in [0.25, 0.3) is 0 Å². The van der Waals surface area contributed by atoms with Crippen molar-refractivity contribution in [2.45, 2.75) is 43.9 Å². The third kappa shape index (κ3) is 11.2. The molecule has 4 bridgehead atoms. The summed E-state index contributed by atoms with van der Waals surface area (Å²) in [7, 11) is 0. The SMILES string of the molecule is O=C(N[C@@H](c1ccccc1)c1cccc(OCc2ccc(C(=O)OCCN(Cc3ccc(F)cc3)C(=O)Nc3ccc(CNC[C@H](O)c4ccc(O)c5[nH]c(=O)ccc45)cc3)cc2)c1)O[C@]12CN3CCC1C2C3. The zero-order valence-corrected chi connectivity index (χ0v) is 39.8. The van der Waals surface area contributed by atoms with Gasteiger partial charge in [-0.25, -0.2) is 18.8 Å². The van der Waals surface area contributed by atoms with Gasteiger partial charge in [0.1, 0.15) is 36.1 Å². The number of phenols is 1. The molecule has 1 saturated carbocycles. The smallest absolute Gasteiger partial charge is 0.408 e. The van der Waals surface area contributed by atoms with Crippen molar-refractivity contribution in [2.75, 3.05) is 44.6 Å². The summed E-state index contributed by atoms with van der Waals surface area (Å²) in [5.74, 6) is 0.426. The van der Waals surface area contributed by atoms with Crippen molar-refractivity contribution in [3.8, 4) is 11.5 Å². The zero-order valence-electron chi connectivity index (χ0n) is 39.8. The first-order valence-corrected chi connectivity index (χ1v) is 24.4. The van der Waals surface area contributed by atoms with Crippen LogP contribution in [0.2, 0.25) is 0 Å². The van der Waals surface area contributed by atoms with Crippen molar-refractivity contribution in [2.24, 2.45) is 11.8 Å². The van der Waals surface area contributed by atoms with Crippen LogP contribution in [0.1, 0.15) is 62.3 Å². The molecule has 1 aliphatic carbocycles. The fraction of sp³-hybridized carbons (Fsp3) is 0.263. The molecule has 6 aromatic carbocycles. The number of amides is 3. The fourth-order valence-corrected chi connectivity index (χ4v) is 10.2. The number of hydrogen-bond acceptors (Lipinski definition) is 11. The van der Waals surface area contributed by atoms with E-state index in [-0.39, 0.29) is 55.3 Å². The van der Waals surface area contributed by atoms with Crippen LogP contribution in [-0.2, 0) is 29.2 Å². The largest absolute Gasteiger partial charge is 0.506 e. The fourth-order valence-electron chi connectivity index (χ4n) is 10.2. The van der Waals surface area contributed by atoms with Crippen molar-refractivity contribution in [3.63, 3.8) is 0 Å². The highest BCUT2D eigenvalue weighted by atomic mass is 19.1. The van der Waals surface area contributed by atoms with Gasteiger partial charge in [-0.05, 0) is 107 Å². The van der Waals surface area contributed by atoms with Crippen LogP contribution >= 0.6 is 0 Å². The molecule has 4 aliphatic rings. The highest BCUT2D eigenvalue weighted by Crippen LogP contribution is 2.63. The molecule has 11 rings (SSSR count). The van der Waals surface area contributed by atoms with E-state index in [9.17, 15) is 33.8 Å². The predicted octanol–water partition coefficient (Wildman–Crippen LogP) is 8.19. The first-order chi connectivity index (χ1) is 35.5. The minimum Gasteiger partial charge on any atom is -0.506 e. The van der Waals surface area contributed by atoms with Crippen LogP contribution in [0.5, 0.6) is 11.5 Å². The van der Waals surface area contributed by atoms with Crippen LogP contribution in [0.25, 0.3) is 10.9 Å². The van der Waals surface area contributed by atoms with E-state index in [1.165, 1.54) is 29.2 Å². The number of aromatic amines is 1. The standard InChI is InChI=1S/C57H55FN6O9/c58-42-17-11-37(12-18-42)32-64(55(69)60-43-19-13-36(14-20-43)30-59-31-50(66)45-21-23-49(65)53-46(45)22-24-51(67)61-53)27-28-71-54(68)40-15-9-38(10-16-40)34-72-44-8-4-7-41(29-44)52(39-5-2-1-3-6-39)62-56(70)73-57-35-63-26-25-47(57)48(57)33-63/h1-24,29,47-48,50,52,59,65-66H,25-28,30-35H2,(H,60,69)(H,61,67)(H,62,70)/t47?,48?,50-,52-,57+/m0/s1. The normalized spacial score (nSPS) is 19.1. The van der Waals surface area contributed by atoms with Crippen molar-refractivity contribution >= 4 is 34.7 Å². The van der Waals surface area contributed by atoms with Gasteiger partial charge in [0, 0.05) is 61.7 Å². The number of hydrogen-bond donors (Lipinski definition) is 6. The number of aliphatic hydroxyl groups excluding tert-OH is 1. The topological polar surface area (TPSA) is 195 Å². The summed E-state index contributed by atoms with van der Waals surface area (Å²) in [6, 6.07) is 42.2. The molecule has 6 atom stereocenters. The molecule has 7 aromatic rings. The number of urea groups is 1. The Morgan fingerprint density at radius 3 is 2.33 bits per heavy atom. The van der Waals surface area contributed by atoms with E-state index in [4.69, 9.17) is 14.2 Å². The Hall–Kier alpha value is -8.05. The summed E-state index contributed by atoms with van der Waals surface area (Å²) >= 11 is 0. The molecule has 3 unspecified atom stereocenters. The summed E-state index contributed by atoms with van der Waals surface area (Å²) in [6.45, 7) is 3.74. The van der Waals surface area contributed by atoms with Crippen molar-refractivity contribution < 1.29 is 43.2 Å². The molecular weight excluding hydrogens is 932 g/mol. The van der Waals surface area contributed by atoms with Crippen molar-refractivity contribution in [1.82, 2.24) is 25.4 Å². The van der Waals surface area contributed by atoms with E-state index in [1.807, 2.05) is 66.7 Å². The Bertz CT molecular complexity index is 3150. The number of benzene rings is 6. The van der Waals surface area contributed by atoms with E-state index >= 15 is 0 Å². The lowest BCUT2D eigenvalue weighted by Crippen LogP contribution is -2.42. The van der Waals surface area contributed by atoms with Crippen LogP contribution < -0.4 is 26.2 Å². The van der Waals surface area contributed by atoms with Crippen LogP contribution in [0.4, 0.5) is 19.7 Å². The van der Waals surface area contributed by atoms with E-state index in [0.29, 0.717) is 51.9 Å². The first-order valence-electron chi connectivity index (χ1n) is 24.4. The van der Waals surface area contributed by atoms with Gasteiger partial charge < -0.3 is 50.3 Å². The Morgan fingerprint density at radius 1 is 0.836 bits per heavy atom. The Balaban J connectivity index is 0.706. The second kappa shape index (κ2) is 21.3. The minimum atomic E-state index is -0.925. The first kappa shape index (κ1) is 48.6. The Kier molecular flexibility index (Phi) is 14.2. The number of pyridine rings is 1. The van der Waals surface area contributed by atoms with Gasteiger partial charge in [0.2, 0.25) is 5.56 Å². The van der Waals surface area contributed by atoms with Crippen molar-refractivity contribution in [1.29, 1.82) is 0 Å². The molecule has 0 spiro atoms. The number of fused-ring (bicyclic) bond motifs is 2. The van der Waals surface area contributed by atoms with Crippen LogP contribution in [0.15, 0.2) is 156 Å². The number of aromatic hydroxyl groups is 1. The molecule has 6 N–H and O–H groups in total. The van der Waals surface area contributed by atoms with E-state index < -0.39 is 36.1 Å². The molecule has 4 fully saturated rings. The number of aliphatic hydroxyl groups is 1. The number of carbonyl (C=O) groups excluding carboxylic acids is 3. The number of alkyl carbamates (subject to hydrolysis) is 1. The monoisotopic (exact) mass is 986 g/mol. The summed E-state index contributed by atoms with van der Waals surface area (Å²) in [4.78, 5) is 58.6. The number of piperidine rings is 3. The zero-order chi connectivity index (χ0) is 50.5. The Morgan fingerprint density at radius 2 is 1.59 bits per heavy atom. The van der Waals surface area contributed by atoms with Gasteiger partial charge in [-0.15, -0.1) is 0 Å². The lowest BCUT2D eigenvalue weighted by Gasteiger charge is -2.29. The number of phenolic OH excluding ortho intramolecular Hbond substituents is 1. The lowest BCUT2D eigenvalue weighted by molar-refractivity contribution is 0.0435. The minimum absolute atomic E-state index is 0.0406. The molecule has 73 heavy (non-hydrogen) atoms.